The van der Waals surface area contributed by atoms with Crippen LogP contribution in [0.1, 0.15) is 33.1 Å². The fourth-order valence-corrected chi connectivity index (χ4v) is 1.96. The highest BCUT2D eigenvalue weighted by Crippen LogP contribution is 2.30. The van der Waals surface area contributed by atoms with Crippen LogP contribution in [0, 0.1) is 5.41 Å². The number of carboxylic acid groups (broad SMARTS) is 1. The van der Waals surface area contributed by atoms with E-state index in [2.05, 4.69) is 5.32 Å². The third-order valence-electron chi connectivity index (χ3n) is 3.49. The molecule has 0 saturated carbocycles. The van der Waals surface area contributed by atoms with Crippen LogP contribution in [-0.4, -0.2) is 41.6 Å². The van der Waals surface area contributed by atoms with Gasteiger partial charge in [0.1, 0.15) is 0 Å². The van der Waals surface area contributed by atoms with Crippen molar-refractivity contribution in [1.82, 2.24) is 10.2 Å². The maximum Gasteiger partial charge on any atom is 0.317 e. The van der Waals surface area contributed by atoms with Gasteiger partial charge in [-0.3, -0.25) is 4.79 Å². The predicted octanol–water partition coefficient (Wildman–Crippen LogP) is 1.85. The maximum absolute atomic E-state index is 11.8. The van der Waals surface area contributed by atoms with Crippen LogP contribution < -0.4 is 5.32 Å². The highest BCUT2D eigenvalue weighted by molar-refractivity contribution is 5.76. The summed E-state index contributed by atoms with van der Waals surface area (Å²) in [6, 6.07) is -0.0908. The molecule has 5 heteroatoms. The first-order chi connectivity index (χ1) is 8.49. The molecule has 0 aliphatic carbocycles. The molecule has 2 amide bonds. The minimum atomic E-state index is -0.768. The second-order valence-corrected chi connectivity index (χ2v) is 4.94. The van der Waals surface area contributed by atoms with Gasteiger partial charge in [0.2, 0.25) is 0 Å². The van der Waals surface area contributed by atoms with Gasteiger partial charge in [-0.15, -0.1) is 0 Å². The van der Waals surface area contributed by atoms with Crippen LogP contribution in [0.4, 0.5) is 4.79 Å². The Balaban J connectivity index is 2.34. The van der Waals surface area contributed by atoms with E-state index in [1.165, 1.54) is 0 Å². The van der Waals surface area contributed by atoms with Gasteiger partial charge in [0.25, 0.3) is 0 Å². The first-order valence-electron chi connectivity index (χ1n) is 6.37. The minimum Gasteiger partial charge on any atom is -0.481 e. The van der Waals surface area contributed by atoms with Gasteiger partial charge in [-0.1, -0.05) is 12.2 Å². The van der Waals surface area contributed by atoms with Crippen molar-refractivity contribution in [3.63, 3.8) is 0 Å². The first-order valence-corrected chi connectivity index (χ1v) is 6.37. The first kappa shape index (κ1) is 14.5. The van der Waals surface area contributed by atoms with E-state index in [1.54, 1.807) is 11.8 Å². The molecule has 1 aliphatic heterocycles. The number of aliphatic carboxylic acids is 1. The maximum atomic E-state index is 11.8. The molecule has 0 aromatic heterocycles. The van der Waals surface area contributed by atoms with Gasteiger partial charge in [-0.05, 0) is 33.1 Å². The minimum absolute atomic E-state index is 0.0908. The molecule has 1 fully saturated rings. The molecule has 5 nitrogen and oxygen atoms in total. The summed E-state index contributed by atoms with van der Waals surface area (Å²) in [5, 5.41) is 11.9. The molecule has 0 radical (unpaired) electrons. The third kappa shape index (κ3) is 3.75. The fourth-order valence-electron chi connectivity index (χ4n) is 1.96. The van der Waals surface area contributed by atoms with E-state index in [-0.39, 0.29) is 6.03 Å². The van der Waals surface area contributed by atoms with E-state index in [9.17, 15) is 9.59 Å². The number of likely N-dealkylation sites (tertiary alicyclic amines) is 1. The summed E-state index contributed by atoms with van der Waals surface area (Å²) in [6.45, 7) is 5.34. The zero-order chi connectivity index (χ0) is 13.6. The highest BCUT2D eigenvalue weighted by atomic mass is 16.4. The van der Waals surface area contributed by atoms with Crippen LogP contribution in [0.15, 0.2) is 12.2 Å². The lowest BCUT2D eigenvalue weighted by molar-refractivity contribution is -0.150. The molecule has 1 saturated heterocycles. The van der Waals surface area contributed by atoms with E-state index >= 15 is 0 Å². The van der Waals surface area contributed by atoms with Crippen molar-refractivity contribution in [2.45, 2.75) is 33.1 Å². The monoisotopic (exact) mass is 254 g/mol. The van der Waals surface area contributed by atoms with Crippen LogP contribution in [0.25, 0.3) is 0 Å². The second kappa shape index (κ2) is 6.42. The number of rotatable bonds is 4. The molecular weight excluding hydrogens is 232 g/mol. The average molecular weight is 254 g/mol. The summed E-state index contributed by atoms with van der Waals surface area (Å²) in [5.74, 6) is -0.768. The zero-order valence-corrected chi connectivity index (χ0v) is 11.1. The molecule has 2 N–H and O–H groups in total. The van der Waals surface area contributed by atoms with Gasteiger partial charge < -0.3 is 15.3 Å². The number of carbonyl (C=O) groups is 2. The number of carboxylic acids is 1. The Morgan fingerprint density at radius 2 is 2.00 bits per heavy atom. The predicted molar refractivity (Wildman–Crippen MR) is 69.4 cm³/mol. The van der Waals surface area contributed by atoms with Gasteiger partial charge in [-0.2, -0.15) is 0 Å². The lowest BCUT2D eigenvalue weighted by Gasteiger charge is -2.36. The van der Waals surface area contributed by atoms with E-state index in [0.29, 0.717) is 32.5 Å². The highest BCUT2D eigenvalue weighted by Gasteiger charge is 2.37. The van der Waals surface area contributed by atoms with E-state index in [1.807, 2.05) is 19.1 Å². The number of amides is 2. The molecule has 0 atom stereocenters. The van der Waals surface area contributed by atoms with Crippen LogP contribution in [0.2, 0.25) is 0 Å². The molecule has 1 rings (SSSR count). The van der Waals surface area contributed by atoms with Crippen LogP contribution in [0.3, 0.4) is 0 Å². The van der Waals surface area contributed by atoms with Crippen LogP contribution in [0.5, 0.6) is 0 Å². The number of allylic oxidation sites excluding steroid dienone is 1. The number of nitrogens with zero attached hydrogens (tertiary/aromatic N) is 1. The SMILES string of the molecule is C/C=C/CCNC(=O)N1CCC(C)(C(=O)O)CC1. The smallest absolute Gasteiger partial charge is 0.317 e. The quantitative estimate of drug-likeness (QED) is 0.594. The summed E-state index contributed by atoms with van der Waals surface area (Å²) >= 11 is 0. The summed E-state index contributed by atoms with van der Waals surface area (Å²) in [5.41, 5.74) is -0.679. The second-order valence-electron chi connectivity index (χ2n) is 4.94. The van der Waals surface area contributed by atoms with E-state index < -0.39 is 11.4 Å². The van der Waals surface area contributed by atoms with Crippen molar-refractivity contribution in [2.24, 2.45) is 5.41 Å². The lowest BCUT2D eigenvalue weighted by Crippen LogP contribution is -2.48. The number of carbonyl (C=O) groups excluding carboxylic acids is 1. The largest absolute Gasteiger partial charge is 0.481 e. The topological polar surface area (TPSA) is 69.6 Å². The van der Waals surface area contributed by atoms with Crippen molar-refractivity contribution >= 4 is 12.0 Å². The van der Waals surface area contributed by atoms with E-state index in [0.717, 1.165) is 6.42 Å². The fraction of sp³-hybridized carbons (Fsp3) is 0.692. The van der Waals surface area contributed by atoms with Gasteiger partial charge in [0.15, 0.2) is 0 Å². The summed E-state index contributed by atoms with van der Waals surface area (Å²) in [7, 11) is 0. The Bertz CT molecular complexity index is 331. The Morgan fingerprint density at radius 1 is 1.39 bits per heavy atom. The van der Waals surface area contributed by atoms with Crippen LogP contribution in [-0.2, 0) is 4.79 Å². The average Bonchev–Trinajstić information content (AvgIpc) is 2.35. The summed E-state index contributed by atoms with van der Waals surface area (Å²) < 4.78 is 0. The molecule has 1 heterocycles. The normalized spacial score (nSPS) is 18.9. The van der Waals surface area contributed by atoms with Gasteiger partial charge in [0, 0.05) is 19.6 Å². The van der Waals surface area contributed by atoms with Crippen molar-refractivity contribution in [2.75, 3.05) is 19.6 Å². The molecule has 1 aliphatic rings. The lowest BCUT2D eigenvalue weighted by atomic mass is 9.80. The number of nitrogens with one attached hydrogen (secondary N) is 1. The Labute approximate surface area is 108 Å². The molecule has 0 unspecified atom stereocenters. The standard InChI is InChI=1S/C13H22N2O3/c1-3-4-5-8-14-12(18)15-9-6-13(2,7-10-15)11(16)17/h3-4H,5-10H2,1-2H3,(H,14,18)(H,16,17)/b4-3+. The Morgan fingerprint density at radius 3 is 2.50 bits per heavy atom. The third-order valence-corrected chi connectivity index (χ3v) is 3.49. The summed E-state index contributed by atoms with van der Waals surface area (Å²) in [6.07, 6.45) is 5.81. The molecular formula is C13H22N2O3. The number of urea groups is 1. The Kier molecular flexibility index (Phi) is 5.19. The molecule has 0 aromatic carbocycles. The molecule has 0 spiro atoms. The van der Waals surface area contributed by atoms with Gasteiger partial charge in [0.05, 0.1) is 5.41 Å². The number of piperidine rings is 1. The zero-order valence-electron chi connectivity index (χ0n) is 11.1. The van der Waals surface area contributed by atoms with Gasteiger partial charge in [-0.25, -0.2) is 4.79 Å². The summed E-state index contributed by atoms with van der Waals surface area (Å²) in [4.78, 5) is 24.6. The van der Waals surface area contributed by atoms with Crippen LogP contribution >= 0.6 is 0 Å². The van der Waals surface area contributed by atoms with Gasteiger partial charge >= 0.3 is 12.0 Å². The van der Waals surface area contributed by atoms with Crippen molar-refractivity contribution in [1.29, 1.82) is 0 Å². The van der Waals surface area contributed by atoms with Crippen molar-refractivity contribution < 1.29 is 14.7 Å². The molecule has 0 bridgehead atoms. The number of hydrogen-bond acceptors (Lipinski definition) is 2. The Hall–Kier alpha value is -1.52. The van der Waals surface area contributed by atoms with E-state index in [4.69, 9.17) is 5.11 Å². The van der Waals surface area contributed by atoms with Crippen molar-refractivity contribution in [3.05, 3.63) is 12.2 Å². The van der Waals surface area contributed by atoms with Crippen molar-refractivity contribution in [3.8, 4) is 0 Å². The molecule has 18 heavy (non-hydrogen) atoms. The molecule has 102 valence electrons. The number of hydrogen-bond donors (Lipinski definition) is 2. The molecule has 0 aromatic rings.